The molecule has 140 valence electrons. The van der Waals surface area contributed by atoms with Gasteiger partial charge in [0.05, 0.1) is 18.4 Å². The van der Waals surface area contributed by atoms with Gasteiger partial charge in [0.25, 0.3) is 0 Å². The molecule has 1 fully saturated rings. The van der Waals surface area contributed by atoms with Crippen LogP contribution in [0.5, 0.6) is 5.75 Å². The van der Waals surface area contributed by atoms with E-state index in [2.05, 4.69) is 16.0 Å². The van der Waals surface area contributed by atoms with Crippen molar-refractivity contribution in [3.63, 3.8) is 0 Å². The van der Waals surface area contributed by atoms with E-state index < -0.39 is 0 Å². The van der Waals surface area contributed by atoms with E-state index in [1.165, 1.54) is 11.8 Å². The van der Waals surface area contributed by atoms with Crippen molar-refractivity contribution < 1.29 is 9.53 Å². The Kier molecular flexibility index (Phi) is 6.55. The zero-order valence-corrected chi connectivity index (χ0v) is 16.1. The summed E-state index contributed by atoms with van der Waals surface area (Å²) in [6.07, 6.45) is 2.56. The Hall–Kier alpha value is -2.72. The quantitative estimate of drug-likeness (QED) is 0.741. The van der Waals surface area contributed by atoms with E-state index in [0.717, 1.165) is 30.2 Å². The molecule has 0 aliphatic carbocycles. The number of methoxy groups -OCH3 is 1. The van der Waals surface area contributed by atoms with Crippen LogP contribution in [-0.2, 0) is 4.79 Å². The molecule has 0 bridgehead atoms. The number of amides is 1. The maximum Gasteiger partial charge on any atom is 0.232 e. The minimum Gasteiger partial charge on any atom is -0.497 e. The normalized spacial score (nSPS) is 14.4. The van der Waals surface area contributed by atoms with E-state index in [-0.39, 0.29) is 5.91 Å². The monoisotopic (exact) mass is 382 g/mol. The second-order valence-electron chi connectivity index (χ2n) is 6.18. The molecular weight excluding hydrogens is 360 g/mol. The van der Waals surface area contributed by atoms with Crippen LogP contribution in [0, 0.1) is 11.3 Å². The number of ether oxygens (including phenoxy) is 1. The summed E-state index contributed by atoms with van der Waals surface area (Å²) in [6, 6.07) is 13.5. The number of hydrogen-bond acceptors (Lipinski definition) is 6. The van der Waals surface area contributed by atoms with Gasteiger partial charge in [0.15, 0.2) is 0 Å². The minimum absolute atomic E-state index is 0.131. The Bertz CT molecular complexity index is 837. The van der Waals surface area contributed by atoms with Gasteiger partial charge in [-0.3, -0.25) is 4.79 Å². The molecule has 1 aromatic carbocycles. The number of nitriles is 1. The maximum absolute atomic E-state index is 12.6. The number of aromatic nitrogens is 1. The Morgan fingerprint density at radius 2 is 2.15 bits per heavy atom. The Labute approximate surface area is 163 Å². The van der Waals surface area contributed by atoms with E-state index in [1.807, 2.05) is 29.2 Å². The maximum atomic E-state index is 12.6. The van der Waals surface area contributed by atoms with E-state index >= 15 is 0 Å². The molecule has 0 atom stereocenters. The third kappa shape index (κ3) is 4.92. The second kappa shape index (κ2) is 9.28. The molecule has 1 aliphatic rings. The van der Waals surface area contributed by atoms with Gasteiger partial charge < -0.3 is 14.5 Å². The number of pyridine rings is 1. The third-order valence-corrected chi connectivity index (χ3v) is 5.44. The van der Waals surface area contributed by atoms with Crippen LogP contribution in [0.2, 0.25) is 0 Å². The molecule has 0 unspecified atom stereocenters. The molecule has 0 saturated carbocycles. The summed E-state index contributed by atoms with van der Waals surface area (Å²) in [4.78, 5) is 22.0. The highest BCUT2D eigenvalue weighted by atomic mass is 32.2. The fraction of sp³-hybridized carbons (Fsp3) is 0.350. The minimum atomic E-state index is 0.131. The van der Waals surface area contributed by atoms with Crippen LogP contribution in [0.3, 0.4) is 0 Å². The van der Waals surface area contributed by atoms with Gasteiger partial charge in [-0.15, -0.1) is 11.8 Å². The summed E-state index contributed by atoms with van der Waals surface area (Å²) in [5.74, 6) is 2.04. The SMILES string of the molecule is COc1cccc(SCC(=O)N2CCCN(c3ncccc3C#N)CC2)c1. The number of benzene rings is 1. The standard InChI is InChI=1S/C20H22N4O2S/c1-26-17-6-2-7-18(13-17)27-15-19(25)23-9-4-10-24(12-11-23)20-16(14-21)5-3-8-22-20/h2-3,5-8,13H,4,9-12,15H2,1H3. The van der Waals surface area contributed by atoms with Crippen LogP contribution < -0.4 is 9.64 Å². The molecule has 2 heterocycles. The van der Waals surface area contributed by atoms with Crippen LogP contribution in [0.1, 0.15) is 12.0 Å². The lowest BCUT2D eigenvalue weighted by Crippen LogP contribution is -2.36. The van der Waals surface area contributed by atoms with Gasteiger partial charge >= 0.3 is 0 Å². The highest BCUT2D eigenvalue weighted by Crippen LogP contribution is 2.23. The number of nitrogens with zero attached hydrogens (tertiary/aromatic N) is 4. The molecule has 1 aliphatic heterocycles. The number of hydrogen-bond donors (Lipinski definition) is 0. The van der Waals surface area contributed by atoms with Crippen molar-refractivity contribution in [1.82, 2.24) is 9.88 Å². The molecule has 0 radical (unpaired) electrons. The van der Waals surface area contributed by atoms with Crippen molar-refractivity contribution in [3.05, 3.63) is 48.2 Å². The summed E-state index contributed by atoms with van der Waals surface area (Å²) < 4.78 is 5.22. The van der Waals surface area contributed by atoms with Gasteiger partial charge in [0.1, 0.15) is 17.6 Å². The van der Waals surface area contributed by atoms with Crippen LogP contribution in [0.4, 0.5) is 5.82 Å². The smallest absolute Gasteiger partial charge is 0.232 e. The zero-order valence-electron chi connectivity index (χ0n) is 15.3. The largest absolute Gasteiger partial charge is 0.497 e. The lowest BCUT2D eigenvalue weighted by molar-refractivity contribution is -0.128. The second-order valence-corrected chi connectivity index (χ2v) is 7.22. The summed E-state index contributed by atoms with van der Waals surface area (Å²) >= 11 is 1.52. The molecule has 2 aromatic rings. The van der Waals surface area contributed by atoms with Crippen LogP contribution in [0.15, 0.2) is 47.5 Å². The van der Waals surface area contributed by atoms with Gasteiger partial charge in [0.2, 0.25) is 5.91 Å². The molecule has 27 heavy (non-hydrogen) atoms. The summed E-state index contributed by atoms with van der Waals surface area (Å²) in [5.41, 5.74) is 0.575. The van der Waals surface area contributed by atoms with Crippen molar-refractivity contribution in [2.45, 2.75) is 11.3 Å². The number of carbonyl (C=O) groups excluding carboxylic acids is 1. The molecular formula is C20H22N4O2S. The fourth-order valence-corrected chi connectivity index (χ4v) is 3.89. The molecule has 1 amide bonds. The molecule has 0 N–H and O–H groups in total. The van der Waals surface area contributed by atoms with Crippen LogP contribution in [0.25, 0.3) is 0 Å². The van der Waals surface area contributed by atoms with Crippen molar-refractivity contribution in [3.8, 4) is 11.8 Å². The average molecular weight is 382 g/mol. The summed E-state index contributed by atoms with van der Waals surface area (Å²) in [5, 5.41) is 9.28. The molecule has 7 heteroatoms. The van der Waals surface area contributed by atoms with Crippen molar-refractivity contribution in [2.24, 2.45) is 0 Å². The summed E-state index contributed by atoms with van der Waals surface area (Å²) in [7, 11) is 1.64. The lowest BCUT2D eigenvalue weighted by atomic mass is 10.2. The molecule has 1 saturated heterocycles. The first kappa shape index (κ1) is 19.1. The number of anilines is 1. The number of rotatable bonds is 5. The first-order chi connectivity index (χ1) is 13.2. The van der Waals surface area contributed by atoms with Crippen molar-refractivity contribution >= 4 is 23.5 Å². The molecule has 1 aromatic heterocycles. The first-order valence-electron chi connectivity index (χ1n) is 8.86. The van der Waals surface area contributed by atoms with Gasteiger partial charge in [-0.2, -0.15) is 5.26 Å². The summed E-state index contributed by atoms with van der Waals surface area (Å²) in [6.45, 7) is 2.83. The van der Waals surface area contributed by atoms with E-state index in [0.29, 0.717) is 30.2 Å². The van der Waals surface area contributed by atoms with Crippen molar-refractivity contribution in [1.29, 1.82) is 5.26 Å². The third-order valence-electron chi connectivity index (χ3n) is 4.46. The molecule has 0 spiro atoms. The molecule has 6 nitrogen and oxygen atoms in total. The first-order valence-corrected chi connectivity index (χ1v) is 9.84. The van der Waals surface area contributed by atoms with E-state index in [1.54, 1.807) is 25.4 Å². The van der Waals surface area contributed by atoms with Gasteiger partial charge in [-0.25, -0.2) is 4.98 Å². The predicted octanol–water partition coefficient (Wildman–Crippen LogP) is 2.79. The lowest BCUT2D eigenvalue weighted by Gasteiger charge is -2.23. The Morgan fingerprint density at radius 1 is 1.26 bits per heavy atom. The highest BCUT2D eigenvalue weighted by molar-refractivity contribution is 8.00. The van der Waals surface area contributed by atoms with Gasteiger partial charge in [0, 0.05) is 37.3 Å². The Morgan fingerprint density at radius 3 is 2.96 bits per heavy atom. The van der Waals surface area contributed by atoms with Crippen LogP contribution in [-0.4, -0.2) is 54.8 Å². The molecule has 3 rings (SSSR count). The number of carbonyl (C=O) groups is 1. The Balaban J connectivity index is 1.57. The van der Waals surface area contributed by atoms with Crippen LogP contribution >= 0.6 is 11.8 Å². The van der Waals surface area contributed by atoms with E-state index in [9.17, 15) is 10.1 Å². The number of thioether (sulfide) groups is 1. The van der Waals surface area contributed by atoms with Gasteiger partial charge in [-0.05, 0) is 36.8 Å². The van der Waals surface area contributed by atoms with Crippen molar-refractivity contribution in [2.75, 3.05) is 43.9 Å². The zero-order chi connectivity index (χ0) is 19.1. The van der Waals surface area contributed by atoms with E-state index in [4.69, 9.17) is 4.74 Å². The van der Waals surface area contributed by atoms with Gasteiger partial charge in [-0.1, -0.05) is 6.07 Å². The average Bonchev–Trinajstić information content (AvgIpc) is 2.98. The predicted molar refractivity (Wildman–Crippen MR) is 106 cm³/mol. The highest BCUT2D eigenvalue weighted by Gasteiger charge is 2.21. The fourth-order valence-electron chi connectivity index (χ4n) is 3.04. The topological polar surface area (TPSA) is 69.5 Å².